The number of nitrogens with zero attached hydrogens (tertiary/aromatic N) is 1. The van der Waals surface area contributed by atoms with Crippen LogP contribution in [0.2, 0.25) is 0 Å². The van der Waals surface area contributed by atoms with Gasteiger partial charge in [0.05, 0.1) is 26.7 Å². The number of rotatable bonds is 6. The van der Waals surface area contributed by atoms with Gasteiger partial charge in [0.25, 0.3) is 0 Å². The number of likely N-dealkylation sites (N-methyl/N-ethyl adjacent to an activating group) is 1. The molecule has 0 bridgehead atoms. The first-order valence-corrected chi connectivity index (χ1v) is 6.48. The number of ether oxygens (including phenoxy) is 2. The van der Waals surface area contributed by atoms with Crippen molar-refractivity contribution in [1.29, 1.82) is 0 Å². The van der Waals surface area contributed by atoms with Crippen molar-refractivity contribution in [1.82, 2.24) is 0 Å². The second-order valence-corrected chi connectivity index (χ2v) is 5.63. The quantitative estimate of drug-likeness (QED) is 0.587. The molecule has 0 N–H and O–H groups in total. The van der Waals surface area contributed by atoms with Gasteiger partial charge in [-0.05, 0) is 17.7 Å². The Morgan fingerprint density at radius 2 is 1.85 bits per heavy atom. The molecule has 0 radical (unpaired) electrons. The lowest BCUT2D eigenvalue weighted by Crippen LogP contribution is -2.38. The summed E-state index contributed by atoms with van der Waals surface area (Å²) in [6, 6.07) is 6.91. The van der Waals surface area contributed by atoms with Crippen LogP contribution in [0, 0.1) is 0 Å². The van der Waals surface area contributed by atoms with Crippen LogP contribution in [0.15, 0.2) is 24.3 Å². The Kier molecular flexibility index (Phi) is 5.70. The molecule has 1 rings (SSSR count). The van der Waals surface area contributed by atoms with E-state index in [4.69, 9.17) is 9.47 Å². The maximum Gasteiger partial charge on any atom is 0.338 e. The predicted molar refractivity (Wildman–Crippen MR) is 75.1 cm³/mol. The van der Waals surface area contributed by atoms with Crippen molar-refractivity contribution in [3.8, 4) is 0 Å². The summed E-state index contributed by atoms with van der Waals surface area (Å²) in [7, 11) is 6.11. The molecule has 0 aliphatic heterocycles. The van der Waals surface area contributed by atoms with E-state index in [1.54, 1.807) is 24.3 Å². The summed E-state index contributed by atoms with van der Waals surface area (Å²) >= 11 is 0. The standard InChI is InChI=1S/C15H22NO4/c1-12(17)20-11-13-6-5-7-14(10-13)15(18)19-9-8-16(2,3)4/h5-7,10H,8-9,11H2,1-4H3/q+1. The molecule has 0 aliphatic carbocycles. The van der Waals surface area contributed by atoms with Crippen LogP contribution < -0.4 is 0 Å². The zero-order valence-corrected chi connectivity index (χ0v) is 12.5. The third-order valence-corrected chi connectivity index (χ3v) is 2.60. The monoisotopic (exact) mass is 280 g/mol. The number of esters is 2. The molecule has 0 saturated heterocycles. The molecule has 5 nitrogen and oxygen atoms in total. The lowest BCUT2D eigenvalue weighted by atomic mass is 10.1. The van der Waals surface area contributed by atoms with Gasteiger partial charge < -0.3 is 14.0 Å². The van der Waals surface area contributed by atoms with Crippen LogP contribution in [0.3, 0.4) is 0 Å². The molecule has 0 spiro atoms. The summed E-state index contributed by atoms with van der Waals surface area (Å²) in [4.78, 5) is 22.6. The van der Waals surface area contributed by atoms with Gasteiger partial charge in [0.15, 0.2) is 0 Å². The highest BCUT2D eigenvalue weighted by Crippen LogP contribution is 2.08. The van der Waals surface area contributed by atoms with Crippen molar-refractivity contribution in [2.24, 2.45) is 0 Å². The minimum absolute atomic E-state index is 0.162. The number of quaternary nitrogens is 1. The van der Waals surface area contributed by atoms with E-state index in [-0.39, 0.29) is 18.5 Å². The number of hydrogen-bond donors (Lipinski definition) is 0. The van der Waals surface area contributed by atoms with Crippen LogP contribution in [-0.4, -0.2) is 50.7 Å². The summed E-state index contributed by atoms with van der Waals surface area (Å²) in [5.41, 5.74) is 1.23. The highest BCUT2D eigenvalue weighted by Gasteiger charge is 2.11. The fraction of sp³-hybridized carbons (Fsp3) is 0.467. The second-order valence-electron chi connectivity index (χ2n) is 5.63. The normalized spacial score (nSPS) is 11.0. The van der Waals surface area contributed by atoms with E-state index in [2.05, 4.69) is 0 Å². The molecule has 1 aromatic carbocycles. The molecule has 1 aromatic rings. The summed E-state index contributed by atoms with van der Waals surface area (Å²) < 4.78 is 10.9. The van der Waals surface area contributed by atoms with E-state index < -0.39 is 0 Å². The maximum absolute atomic E-state index is 11.9. The molecular weight excluding hydrogens is 258 g/mol. The van der Waals surface area contributed by atoms with Crippen molar-refractivity contribution in [3.63, 3.8) is 0 Å². The zero-order valence-electron chi connectivity index (χ0n) is 12.5. The van der Waals surface area contributed by atoms with Crippen molar-refractivity contribution >= 4 is 11.9 Å². The number of carbonyl (C=O) groups is 2. The smallest absolute Gasteiger partial charge is 0.338 e. The Morgan fingerprint density at radius 3 is 2.45 bits per heavy atom. The van der Waals surface area contributed by atoms with E-state index in [9.17, 15) is 9.59 Å². The molecule has 0 aromatic heterocycles. The van der Waals surface area contributed by atoms with Crippen LogP contribution in [-0.2, 0) is 20.9 Å². The van der Waals surface area contributed by atoms with Gasteiger partial charge in [-0.1, -0.05) is 12.1 Å². The molecule has 0 heterocycles. The van der Waals surface area contributed by atoms with E-state index in [0.29, 0.717) is 12.2 Å². The lowest BCUT2D eigenvalue weighted by Gasteiger charge is -2.23. The number of hydrogen-bond acceptors (Lipinski definition) is 4. The number of benzene rings is 1. The van der Waals surface area contributed by atoms with Gasteiger partial charge in [-0.15, -0.1) is 0 Å². The minimum atomic E-state index is -0.358. The highest BCUT2D eigenvalue weighted by atomic mass is 16.5. The molecule has 0 aliphatic rings. The van der Waals surface area contributed by atoms with Crippen LogP contribution >= 0.6 is 0 Å². The second kappa shape index (κ2) is 7.05. The van der Waals surface area contributed by atoms with Gasteiger partial charge in [-0.25, -0.2) is 4.79 Å². The molecule has 0 saturated carbocycles. The molecule has 0 fully saturated rings. The molecule has 0 unspecified atom stereocenters. The molecule has 20 heavy (non-hydrogen) atoms. The molecule has 110 valence electrons. The molecule has 5 heteroatoms. The molecular formula is C15H22NO4+. The zero-order chi connectivity index (χ0) is 15.2. The van der Waals surface area contributed by atoms with E-state index in [0.717, 1.165) is 16.6 Å². The topological polar surface area (TPSA) is 52.6 Å². The first-order valence-electron chi connectivity index (χ1n) is 6.48. The van der Waals surface area contributed by atoms with Gasteiger partial charge in [-0.2, -0.15) is 0 Å². The highest BCUT2D eigenvalue weighted by molar-refractivity contribution is 5.89. The Balaban J connectivity index is 2.55. The van der Waals surface area contributed by atoms with Gasteiger partial charge in [0, 0.05) is 6.92 Å². The predicted octanol–water partition coefficient (Wildman–Crippen LogP) is 1.61. The third kappa shape index (κ3) is 6.33. The van der Waals surface area contributed by atoms with Gasteiger partial charge in [-0.3, -0.25) is 4.79 Å². The van der Waals surface area contributed by atoms with Crippen LogP contribution in [0.5, 0.6) is 0 Å². The third-order valence-electron chi connectivity index (χ3n) is 2.60. The van der Waals surface area contributed by atoms with Crippen LogP contribution in [0.25, 0.3) is 0 Å². The van der Waals surface area contributed by atoms with E-state index in [1.165, 1.54) is 6.92 Å². The van der Waals surface area contributed by atoms with E-state index in [1.807, 2.05) is 21.1 Å². The Hall–Kier alpha value is -1.88. The van der Waals surface area contributed by atoms with Gasteiger partial charge in [0.1, 0.15) is 19.8 Å². The first kappa shape index (κ1) is 16.2. The average Bonchev–Trinajstić information content (AvgIpc) is 2.35. The summed E-state index contributed by atoms with van der Waals surface area (Å²) in [6.07, 6.45) is 0. The largest absolute Gasteiger partial charge is 0.461 e. The maximum atomic E-state index is 11.9. The molecule has 0 atom stereocenters. The van der Waals surface area contributed by atoms with Gasteiger partial charge in [0.2, 0.25) is 0 Å². The van der Waals surface area contributed by atoms with Gasteiger partial charge >= 0.3 is 11.9 Å². The molecule has 0 amide bonds. The lowest BCUT2D eigenvalue weighted by molar-refractivity contribution is -0.870. The van der Waals surface area contributed by atoms with Crippen LogP contribution in [0.1, 0.15) is 22.8 Å². The van der Waals surface area contributed by atoms with Crippen molar-refractivity contribution in [2.45, 2.75) is 13.5 Å². The fourth-order valence-corrected chi connectivity index (χ4v) is 1.47. The fourth-order valence-electron chi connectivity index (χ4n) is 1.47. The van der Waals surface area contributed by atoms with E-state index >= 15 is 0 Å². The number of carbonyl (C=O) groups excluding carboxylic acids is 2. The van der Waals surface area contributed by atoms with Crippen LogP contribution in [0.4, 0.5) is 0 Å². The SMILES string of the molecule is CC(=O)OCc1cccc(C(=O)OCC[N+](C)(C)C)c1. The first-order chi connectivity index (χ1) is 9.28. The summed E-state index contributed by atoms with van der Waals surface area (Å²) in [6.45, 7) is 2.63. The summed E-state index contributed by atoms with van der Waals surface area (Å²) in [5.74, 6) is -0.705. The minimum Gasteiger partial charge on any atom is -0.461 e. The van der Waals surface area contributed by atoms with Crippen molar-refractivity contribution < 1.29 is 23.5 Å². The van der Waals surface area contributed by atoms with Crippen molar-refractivity contribution in [2.75, 3.05) is 34.3 Å². The Morgan fingerprint density at radius 1 is 1.15 bits per heavy atom. The Labute approximate surface area is 119 Å². The summed E-state index contributed by atoms with van der Waals surface area (Å²) in [5, 5.41) is 0. The van der Waals surface area contributed by atoms with Crippen molar-refractivity contribution in [3.05, 3.63) is 35.4 Å². The Bertz CT molecular complexity index is 477. The average molecular weight is 280 g/mol.